The van der Waals surface area contributed by atoms with E-state index in [9.17, 15) is 0 Å². The molecule has 1 aromatic rings. The van der Waals surface area contributed by atoms with Crippen LogP contribution in [0.2, 0.25) is 0 Å². The summed E-state index contributed by atoms with van der Waals surface area (Å²) >= 11 is 0. The van der Waals surface area contributed by atoms with Crippen molar-refractivity contribution in [1.29, 1.82) is 0 Å². The van der Waals surface area contributed by atoms with E-state index in [1.807, 2.05) is 19.1 Å². The molecule has 0 fully saturated rings. The van der Waals surface area contributed by atoms with Crippen molar-refractivity contribution >= 4 is 0 Å². The lowest BCUT2D eigenvalue weighted by atomic mass is 10.1. The summed E-state index contributed by atoms with van der Waals surface area (Å²) in [6.45, 7) is 2.05. The van der Waals surface area contributed by atoms with Crippen molar-refractivity contribution in [2.24, 2.45) is 5.73 Å². The summed E-state index contributed by atoms with van der Waals surface area (Å²) in [5.41, 5.74) is 7.78. The number of hydrogen-bond donors (Lipinski definition) is 2. The third-order valence-electron chi connectivity index (χ3n) is 1.79. The SMILES string of the molecule is Cc1cc([C@H](N)CCO)ccn1. The molecule has 0 bridgehead atoms. The summed E-state index contributed by atoms with van der Waals surface area (Å²) in [5, 5.41) is 8.67. The van der Waals surface area contributed by atoms with Crippen LogP contribution in [0.4, 0.5) is 0 Å². The van der Waals surface area contributed by atoms with Crippen LogP contribution in [0.1, 0.15) is 23.7 Å². The van der Waals surface area contributed by atoms with Crippen molar-refractivity contribution in [3.63, 3.8) is 0 Å². The summed E-state index contributed by atoms with van der Waals surface area (Å²) in [7, 11) is 0. The lowest BCUT2D eigenvalue weighted by Gasteiger charge is -2.09. The maximum Gasteiger partial charge on any atom is 0.0449 e. The topological polar surface area (TPSA) is 59.1 Å². The third kappa shape index (κ3) is 2.29. The smallest absolute Gasteiger partial charge is 0.0449 e. The van der Waals surface area contributed by atoms with Crippen LogP contribution < -0.4 is 5.73 Å². The average Bonchev–Trinajstić information content (AvgIpc) is 2.05. The number of rotatable bonds is 3. The Kier molecular flexibility index (Phi) is 3.19. The molecular formula is C9H14N2O. The molecule has 3 N–H and O–H groups in total. The second-order valence-electron chi connectivity index (χ2n) is 2.85. The first kappa shape index (κ1) is 9.16. The fourth-order valence-corrected chi connectivity index (χ4v) is 1.10. The summed E-state index contributed by atoms with van der Waals surface area (Å²) < 4.78 is 0. The van der Waals surface area contributed by atoms with Crippen LogP contribution in [0.15, 0.2) is 18.3 Å². The predicted octanol–water partition coefficient (Wildman–Crippen LogP) is 0.772. The Bertz CT molecular complexity index is 250. The highest BCUT2D eigenvalue weighted by Gasteiger charge is 2.04. The van der Waals surface area contributed by atoms with Gasteiger partial charge in [0.25, 0.3) is 0 Å². The molecule has 0 unspecified atom stereocenters. The zero-order valence-corrected chi connectivity index (χ0v) is 7.20. The first-order valence-corrected chi connectivity index (χ1v) is 4.03. The Labute approximate surface area is 72.2 Å². The highest BCUT2D eigenvalue weighted by atomic mass is 16.3. The number of aryl methyl sites for hydroxylation is 1. The summed E-state index contributed by atoms with van der Waals surface area (Å²) in [6, 6.07) is 3.75. The van der Waals surface area contributed by atoms with Gasteiger partial charge in [0.1, 0.15) is 0 Å². The van der Waals surface area contributed by atoms with Crippen molar-refractivity contribution in [2.45, 2.75) is 19.4 Å². The van der Waals surface area contributed by atoms with Crippen LogP contribution in [0.5, 0.6) is 0 Å². The maximum atomic E-state index is 8.67. The quantitative estimate of drug-likeness (QED) is 0.697. The molecule has 1 rings (SSSR count). The summed E-state index contributed by atoms with van der Waals surface area (Å²) in [5.74, 6) is 0. The van der Waals surface area contributed by atoms with Crippen LogP contribution in [0, 0.1) is 6.92 Å². The summed E-state index contributed by atoms with van der Waals surface area (Å²) in [4.78, 5) is 4.06. The number of nitrogens with two attached hydrogens (primary N) is 1. The van der Waals surface area contributed by atoms with Gasteiger partial charge in [-0.05, 0) is 31.0 Å². The highest BCUT2D eigenvalue weighted by Crippen LogP contribution is 2.12. The number of nitrogens with zero attached hydrogens (tertiary/aromatic N) is 1. The standard InChI is InChI=1S/C9H14N2O/c1-7-6-8(2-4-11-7)9(10)3-5-12/h2,4,6,9,12H,3,5,10H2,1H3/t9-/m1/s1. The minimum absolute atomic E-state index is 0.0725. The van der Waals surface area contributed by atoms with Gasteiger partial charge < -0.3 is 10.8 Å². The first-order chi connectivity index (χ1) is 5.74. The second-order valence-corrected chi connectivity index (χ2v) is 2.85. The fourth-order valence-electron chi connectivity index (χ4n) is 1.10. The molecule has 3 nitrogen and oxygen atoms in total. The fraction of sp³-hybridized carbons (Fsp3) is 0.444. The average molecular weight is 166 g/mol. The van der Waals surface area contributed by atoms with Crippen molar-refractivity contribution in [1.82, 2.24) is 4.98 Å². The van der Waals surface area contributed by atoms with Gasteiger partial charge >= 0.3 is 0 Å². The first-order valence-electron chi connectivity index (χ1n) is 4.03. The molecule has 0 saturated carbocycles. The third-order valence-corrected chi connectivity index (χ3v) is 1.79. The Morgan fingerprint density at radius 2 is 2.42 bits per heavy atom. The molecule has 1 heterocycles. The number of aliphatic hydroxyl groups is 1. The minimum atomic E-state index is -0.0725. The molecule has 0 aliphatic carbocycles. The lowest BCUT2D eigenvalue weighted by molar-refractivity contribution is 0.276. The van der Waals surface area contributed by atoms with Crippen molar-refractivity contribution in [3.05, 3.63) is 29.6 Å². The Hall–Kier alpha value is -0.930. The molecule has 0 radical (unpaired) electrons. The Balaban J connectivity index is 2.73. The van der Waals surface area contributed by atoms with Gasteiger partial charge in [0.05, 0.1) is 0 Å². The maximum absolute atomic E-state index is 8.67. The van der Waals surface area contributed by atoms with Gasteiger partial charge in [0, 0.05) is 24.5 Å². The molecule has 0 aliphatic heterocycles. The monoisotopic (exact) mass is 166 g/mol. The van der Waals surface area contributed by atoms with E-state index in [1.54, 1.807) is 6.20 Å². The molecule has 0 amide bonds. The van der Waals surface area contributed by atoms with Gasteiger partial charge in [-0.25, -0.2) is 0 Å². The van der Waals surface area contributed by atoms with Crippen LogP contribution >= 0.6 is 0 Å². The largest absolute Gasteiger partial charge is 0.396 e. The van der Waals surface area contributed by atoms with Gasteiger partial charge in [-0.3, -0.25) is 4.98 Å². The van der Waals surface area contributed by atoms with Gasteiger partial charge in [-0.15, -0.1) is 0 Å². The van der Waals surface area contributed by atoms with Crippen LogP contribution in [-0.2, 0) is 0 Å². The van der Waals surface area contributed by atoms with Gasteiger partial charge in [-0.2, -0.15) is 0 Å². The number of aliphatic hydroxyl groups excluding tert-OH is 1. The normalized spacial score (nSPS) is 12.9. The molecule has 12 heavy (non-hydrogen) atoms. The molecule has 1 atom stereocenters. The molecule has 0 spiro atoms. The van der Waals surface area contributed by atoms with Crippen molar-refractivity contribution in [2.75, 3.05) is 6.61 Å². The van der Waals surface area contributed by atoms with E-state index in [2.05, 4.69) is 4.98 Å². The second kappa shape index (κ2) is 4.18. The van der Waals surface area contributed by atoms with Crippen LogP contribution in [-0.4, -0.2) is 16.7 Å². The lowest BCUT2D eigenvalue weighted by Crippen LogP contribution is -2.12. The minimum Gasteiger partial charge on any atom is -0.396 e. The van der Waals surface area contributed by atoms with Crippen LogP contribution in [0.3, 0.4) is 0 Å². The van der Waals surface area contributed by atoms with Crippen LogP contribution in [0.25, 0.3) is 0 Å². The van der Waals surface area contributed by atoms with Crippen molar-refractivity contribution < 1.29 is 5.11 Å². The molecule has 66 valence electrons. The zero-order valence-electron chi connectivity index (χ0n) is 7.20. The Morgan fingerprint density at radius 1 is 1.67 bits per heavy atom. The van der Waals surface area contributed by atoms with Gasteiger partial charge in [0.2, 0.25) is 0 Å². The number of hydrogen-bond acceptors (Lipinski definition) is 3. The molecule has 0 aliphatic rings. The number of pyridine rings is 1. The van der Waals surface area contributed by atoms with Gasteiger partial charge in [-0.1, -0.05) is 0 Å². The van der Waals surface area contributed by atoms with Gasteiger partial charge in [0.15, 0.2) is 0 Å². The number of aromatic nitrogens is 1. The van der Waals surface area contributed by atoms with E-state index < -0.39 is 0 Å². The molecule has 1 aromatic heterocycles. The molecule has 3 heteroatoms. The highest BCUT2D eigenvalue weighted by molar-refractivity contribution is 5.18. The molecular weight excluding hydrogens is 152 g/mol. The summed E-state index contributed by atoms with van der Waals surface area (Å²) in [6.07, 6.45) is 2.34. The van der Waals surface area contributed by atoms with E-state index in [-0.39, 0.29) is 12.6 Å². The predicted molar refractivity (Wildman–Crippen MR) is 47.6 cm³/mol. The van der Waals surface area contributed by atoms with Crippen molar-refractivity contribution in [3.8, 4) is 0 Å². The van der Waals surface area contributed by atoms with E-state index >= 15 is 0 Å². The van der Waals surface area contributed by atoms with E-state index in [4.69, 9.17) is 10.8 Å². The zero-order chi connectivity index (χ0) is 8.97. The molecule has 0 aromatic carbocycles. The van der Waals surface area contributed by atoms with E-state index in [0.717, 1.165) is 11.3 Å². The molecule has 0 saturated heterocycles. The van der Waals surface area contributed by atoms with E-state index in [1.165, 1.54) is 0 Å². The van der Waals surface area contributed by atoms with E-state index in [0.29, 0.717) is 6.42 Å². The Morgan fingerprint density at radius 3 is 3.00 bits per heavy atom.